The number of H-pyrrole nitrogens is 1. The van der Waals surface area contributed by atoms with E-state index in [4.69, 9.17) is 0 Å². The summed E-state index contributed by atoms with van der Waals surface area (Å²) in [5, 5.41) is 11.5. The summed E-state index contributed by atoms with van der Waals surface area (Å²) in [5.41, 5.74) is -0.172. The van der Waals surface area contributed by atoms with Crippen molar-refractivity contribution >= 4 is 11.9 Å². The van der Waals surface area contributed by atoms with Crippen LogP contribution in [0.3, 0.4) is 0 Å². The highest BCUT2D eigenvalue weighted by molar-refractivity contribution is 5.96. The van der Waals surface area contributed by atoms with E-state index in [2.05, 4.69) is 10.3 Å². The van der Waals surface area contributed by atoms with Crippen LogP contribution in [-0.4, -0.2) is 22.0 Å². The van der Waals surface area contributed by atoms with Crippen molar-refractivity contribution in [1.82, 2.24) is 10.3 Å². The molecule has 2 rings (SSSR count). The fourth-order valence-corrected chi connectivity index (χ4v) is 1.74. The predicted molar refractivity (Wildman–Crippen MR) is 71.3 cm³/mol. The first-order chi connectivity index (χ1) is 9.59. The number of rotatable bonds is 4. The highest BCUT2D eigenvalue weighted by Crippen LogP contribution is 2.13. The number of carboxylic acid groups (broad SMARTS) is 1. The number of carboxylic acids is 1. The number of aromatic amines is 1. The third kappa shape index (κ3) is 2.92. The molecular weight excluding hydrogens is 260 g/mol. The molecular formula is C14H12N2O4. The van der Waals surface area contributed by atoms with Gasteiger partial charge >= 0.3 is 5.97 Å². The lowest BCUT2D eigenvalue weighted by Crippen LogP contribution is -2.36. The van der Waals surface area contributed by atoms with Gasteiger partial charge in [-0.15, -0.1) is 0 Å². The van der Waals surface area contributed by atoms with E-state index in [0.29, 0.717) is 5.56 Å². The molecule has 0 radical (unpaired) electrons. The maximum absolute atomic E-state index is 12.0. The fourth-order valence-electron chi connectivity index (χ4n) is 1.74. The number of pyridine rings is 1. The lowest BCUT2D eigenvalue weighted by atomic mass is 10.1. The van der Waals surface area contributed by atoms with E-state index in [-0.39, 0.29) is 5.56 Å². The first kappa shape index (κ1) is 13.5. The van der Waals surface area contributed by atoms with Crippen LogP contribution in [0.5, 0.6) is 0 Å². The van der Waals surface area contributed by atoms with Gasteiger partial charge in [-0.25, -0.2) is 4.79 Å². The van der Waals surface area contributed by atoms with Crippen molar-refractivity contribution in [2.45, 2.75) is 6.04 Å². The Labute approximate surface area is 114 Å². The molecule has 0 spiro atoms. The van der Waals surface area contributed by atoms with Crippen LogP contribution >= 0.6 is 0 Å². The van der Waals surface area contributed by atoms with Crippen molar-refractivity contribution in [3.8, 4) is 0 Å². The van der Waals surface area contributed by atoms with Crippen LogP contribution in [0.15, 0.2) is 53.6 Å². The Balaban J connectivity index is 2.26. The van der Waals surface area contributed by atoms with Gasteiger partial charge in [0.15, 0.2) is 11.5 Å². The van der Waals surface area contributed by atoms with Crippen LogP contribution in [-0.2, 0) is 4.79 Å². The van der Waals surface area contributed by atoms with Gasteiger partial charge in [-0.2, -0.15) is 0 Å². The molecule has 0 fully saturated rings. The standard InChI is InChI=1S/C14H12N2O4/c17-11-6-7-15-8-10(11)13(18)16-12(14(19)20)9-4-2-1-3-5-9/h1-8,12H,(H,15,17)(H,16,18)(H,19,20)/t12-/m0/s1. The second-order valence-electron chi connectivity index (χ2n) is 4.08. The molecule has 1 aromatic carbocycles. The third-order valence-corrected chi connectivity index (χ3v) is 2.72. The number of aliphatic carboxylic acids is 1. The van der Waals surface area contributed by atoms with Crippen molar-refractivity contribution in [3.63, 3.8) is 0 Å². The number of benzene rings is 1. The molecule has 20 heavy (non-hydrogen) atoms. The fraction of sp³-hybridized carbons (Fsp3) is 0.0714. The Morgan fingerprint density at radius 1 is 1.15 bits per heavy atom. The molecule has 1 atom stereocenters. The third-order valence-electron chi connectivity index (χ3n) is 2.72. The Bertz CT molecular complexity index is 679. The van der Waals surface area contributed by atoms with Crippen LogP contribution in [0, 0.1) is 0 Å². The minimum absolute atomic E-state index is 0.130. The summed E-state index contributed by atoms with van der Waals surface area (Å²) in [6.07, 6.45) is 2.63. The molecule has 6 heteroatoms. The SMILES string of the molecule is O=C(N[C@H](C(=O)O)c1ccccc1)c1c[nH]ccc1=O. The zero-order valence-corrected chi connectivity index (χ0v) is 10.4. The highest BCUT2D eigenvalue weighted by atomic mass is 16.4. The summed E-state index contributed by atoms with van der Waals surface area (Å²) in [6, 6.07) is 8.27. The van der Waals surface area contributed by atoms with E-state index in [1.54, 1.807) is 30.3 Å². The summed E-state index contributed by atoms with van der Waals surface area (Å²) >= 11 is 0. The van der Waals surface area contributed by atoms with Crippen LogP contribution in [0.1, 0.15) is 22.0 Å². The maximum atomic E-state index is 12.0. The number of amides is 1. The van der Waals surface area contributed by atoms with Gasteiger partial charge in [-0.3, -0.25) is 9.59 Å². The molecule has 0 aliphatic carbocycles. The number of hydrogen-bond donors (Lipinski definition) is 3. The molecule has 0 saturated heterocycles. The van der Waals surface area contributed by atoms with E-state index < -0.39 is 23.3 Å². The summed E-state index contributed by atoms with van der Waals surface area (Å²) in [6.45, 7) is 0. The van der Waals surface area contributed by atoms with Gasteiger partial charge < -0.3 is 15.4 Å². The summed E-state index contributed by atoms with van der Waals surface area (Å²) in [5.74, 6) is -1.93. The number of carbonyl (C=O) groups excluding carboxylic acids is 1. The largest absolute Gasteiger partial charge is 0.479 e. The van der Waals surface area contributed by atoms with E-state index in [0.717, 1.165) is 0 Å². The van der Waals surface area contributed by atoms with Gasteiger partial charge in [0.2, 0.25) is 0 Å². The normalized spacial score (nSPS) is 11.6. The zero-order chi connectivity index (χ0) is 14.5. The van der Waals surface area contributed by atoms with Gasteiger partial charge in [0.05, 0.1) is 0 Å². The number of nitrogens with one attached hydrogen (secondary N) is 2. The Morgan fingerprint density at radius 2 is 1.85 bits per heavy atom. The van der Waals surface area contributed by atoms with Crippen LogP contribution in [0.4, 0.5) is 0 Å². The van der Waals surface area contributed by atoms with Gasteiger partial charge in [-0.05, 0) is 5.56 Å². The Kier molecular flexibility index (Phi) is 3.95. The van der Waals surface area contributed by atoms with E-state index in [9.17, 15) is 19.5 Å². The molecule has 102 valence electrons. The van der Waals surface area contributed by atoms with E-state index >= 15 is 0 Å². The number of carbonyl (C=O) groups is 2. The molecule has 0 aliphatic heterocycles. The van der Waals surface area contributed by atoms with Crippen molar-refractivity contribution in [2.24, 2.45) is 0 Å². The van der Waals surface area contributed by atoms with Gasteiger partial charge in [0.25, 0.3) is 5.91 Å². The lowest BCUT2D eigenvalue weighted by molar-refractivity contribution is -0.139. The van der Waals surface area contributed by atoms with Crippen LogP contribution in [0.2, 0.25) is 0 Å². The Morgan fingerprint density at radius 3 is 2.45 bits per heavy atom. The molecule has 0 aliphatic rings. The predicted octanol–water partition coefficient (Wildman–Crippen LogP) is 0.931. The molecule has 6 nitrogen and oxygen atoms in total. The number of hydrogen-bond acceptors (Lipinski definition) is 3. The first-order valence-corrected chi connectivity index (χ1v) is 5.85. The molecule has 2 aromatic rings. The second-order valence-corrected chi connectivity index (χ2v) is 4.08. The summed E-state index contributed by atoms with van der Waals surface area (Å²) < 4.78 is 0. The van der Waals surface area contributed by atoms with E-state index in [1.807, 2.05) is 0 Å². The highest BCUT2D eigenvalue weighted by Gasteiger charge is 2.23. The van der Waals surface area contributed by atoms with Gasteiger partial charge in [0, 0.05) is 18.5 Å². The molecule has 1 heterocycles. The van der Waals surface area contributed by atoms with E-state index in [1.165, 1.54) is 18.5 Å². The monoisotopic (exact) mass is 272 g/mol. The lowest BCUT2D eigenvalue weighted by Gasteiger charge is -2.14. The minimum atomic E-state index is -1.21. The molecule has 0 unspecified atom stereocenters. The minimum Gasteiger partial charge on any atom is -0.479 e. The molecule has 0 bridgehead atoms. The van der Waals surface area contributed by atoms with Gasteiger partial charge in [-0.1, -0.05) is 30.3 Å². The molecule has 3 N–H and O–H groups in total. The summed E-state index contributed by atoms with van der Waals surface area (Å²) in [7, 11) is 0. The molecule has 1 amide bonds. The average molecular weight is 272 g/mol. The maximum Gasteiger partial charge on any atom is 0.330 e. The number of aromatic nitrogens is 1. The summed E-state index contributed by atoms with van der Waals surface area (Å²) in [4.78, 5) is 37.3. The van der Waals surface area contributed by atoms with Gasteiger partial charge in [0.1, 0.15) is 5.56 Å². The molecule has 1 aromatic heterocycles. The zero-order valence-electron chi connectivity index (χ0n) is 10.4. The van der Waals surface area contributed by atoms with Crippen LogP contribution < -0.4 is 10.7 Å². The molecule has 0 saturated carbocycles. The van der Waals surface area contributed by atoms with Crippen molar-refractivity contribution < 1.29 is 14.7 Å². The Hall–Kier alpha value is -2.89. The van der Waals surface area contributed by atoms with Crippen molar-refractivity contribution in [1.29, 1.82) is 0 Å². The topological polar surface area (TPSA) is 99.3 Å². The quantitative estimate of drug-likeness (QED) is 0.771. The van der Waals surface area contributed by atoms with Crippen LogP contribution in [0.25, 0.3) is 0 Å². The van der Waals surface area contributed by atoms with Crippen molar-refractivity contribution in [2.75, 3.05) is 0 Å². The van der Waals surface area contributed by atoms with Crippen molar-refractivity contribution in [3.05, 3.63) is 70.1 Å². The average Bonchev–Trinajstić information content (AvgIpc) is 2.45. The first-order valence-electron chi connectivity index (χ1n) is 5.85. The smallest absolute Gasteiger partial charge is 0.330 e. The second kappa shape index (κ2) is 5.83.